The normalized spacial score (nSPS) is 9.14. The van der Waals surface area contributed by atoms with E-state index >= 15 is 0 Å². The summed E-state index contributed by atoms with van der Waals surface area (Å²) in [6.07, 6.45) is 1.57. The van der Waals surface area contributed by atoms with E-state index in [0.29, 0.717) is 11.1 Å². The van der Waals surface area contributed by atoms with Gasteiger partial charge in [0.05, 0.1) is 5.56 Å². The van der Waals surface area contributed by atoms with E-state index in [2.05, 4.69) is 13.2 Å². The Bertz CT molecular complexity index is 339. The lowest BCUT2D eigenvalue weighted by Gasteiger charge is -2.03. The second-order valence-electron chi connectivity index (χ2n) is 2.80. The molecule has 0 aromatic heterocycles. The lowest BCUT2D eigenvalue weighted by Crippen LogP contribution is -2.06. The molecule has 0 unspecified atom stereocenters. The van der Waals surface area contributed by atoms with Crippen LogP contribution in [-0.2, 0) is 4.74 Å². The number of rotatable bonds is 4. The van der Waals surface area contributed by atoms with Crippen molar-refractivity contribution < 1.29 is 9.53 Å². The molecule has 0 aliphatic rings. The predicted molar refractivity (Wildman–Crippen MR) is 56.1 cm³/mol. The Balaban J connectivity index is 2.52. The highest BCUT2D eigenvalue weighted by molar-refractivity contribution is 5.89. The van der Waals surface area contributed by atoms with Gasteiger partial charge in [-0.1, -0.05) is 37.4 Å². The SMILES string of the molecule is C=CC(=C)COC(=O)c1ccccc1. The van der Waals surface area contributed by atoms with Crippen LogP contribution in [-0.4, -0.2) is 12.6 Å². The van der Waals surface area contributed by atoms with Gasteiger partial charge in [0.1, 0.15) is 6.61 Å². The van der Waals surface area contributed by atoms with E-state index in [1.807, 2.05) is 6.07 Å². The van der Waals surface area contributed by atoms with Gasteiger partial charge in [-0.05, 0) is 17.7 Å². The van der Waals surface area contributed by atoms with Crippen molar-refractivity contribution in [1.29, 1.82) is 0 Å². The van der Waals surface area contributed by atoms with Crippen LogP contribution in [0, 0.1) is 0 Å². The quantitative estimate of drug-likeness (QED) is 0.536. The van der Waals surface area contributed by atoms with Gasteiger partial charge in [0, 0.05) is 0 Å². The van der Waals surface area contributed by atoms with E-state index in [-0.39, 0.29) is 12.6 Å². The third kappa shape index (κ3) is 2.90. The first-order valence-electron chi connectivity index (χ1n) is 4.26. The molecule has 0 N–H and O–H groups in total. The van der Waals surface area contributed by atoms with Crippen molar-refractivity contribution >= 4 is 5.97 Å². The van der Waals surface area contributed by atoms with Gasteiger partial charge in [-0.15, -0.1) is 0 Å². The second-order valence-corrected chi connectivity index (χ2v) is 2.80. The van der Waals surface area contributed by atoms with E-state index in [9.17, 15) is 4.79 Å². The molecule has 1 aromatic rings. The first kappa shape index (κ1) is 10.3. The van der Waals surface area contributed by atoms with Crippen molar-refractivity contribution in [3.05, 3.63) is 60.7 Å². The molecule has 0 spiro atoms. The van der Waals surface area contributed by atoms with Crippen LogP contribution in [0.1, 0.15) is 10.4 Å². The van der Waals surface area contributed by atoms with E-state index in [1.165, 1.54) is 0 Å². The fourth-order valence-electron chi connectivity index (χ4n) is 0.875. The molecule has 0 bridgehead atoms. The summed E-state index contributed by atoms with van der Waals surface area (Å²) < 4.78 is 4.97. The van der Waals surface area contributed by atoms with Crippen LogP contribution in [0.15, 0.2) is 55.1 Å². The third-order valence-corrected chi connectivity index (χ3v) is 1.69. The van der Waals surface area contributed by atoms with Gasteiger partial charge in [0.2, 0.25) is 0 Å². The molecule has 0 aliphatic heterocycles. The van der Waals surface area contributed by atoms with E-state index in [4.69, 9.17) is 4.74 Å². The highest BCUT2D eigenvalue weighted by atomic mass is 16.5. The van der Waals surface area contributed by atoms with Crippen molar-refractivity contribution in [3.8, 4) is 0 Å². The minimum Gasteiger partial charge on any atom is -0.457 e. The Hall–Kier alpha value is -1.83. The van der Waals surface area contributed by atoms with Crippen LogP contribution in [0.4, 0.5) is 0 Å². The third-order valence-electron chi connectivity index (χ3n) is 1.69. The summed E-state index contributed by atoms with van der Waals surface area (Å²) in [5.74, 6) is -0.339. The Kier molecular flexibility index (Phi) is 3.68. The summed E-state index contributed by atoms with van der Waals surface area (Å²) in [6.45, 7) is 7.36. The number of ether oxygens (including phenoxy) is 1. The van der Waals surface area contributed by atoms with Crippen molar-refractivity contribution in [3.63, 3.8) is 0 Å². The summed E-state index contributed by atoms with van der Waals surface area (Å²) in [6, 6.07) is 8.84. The monoisotopic (exact) mass is 188 g/mol. The topological polar surface area (TPSA) is 26.3 Å². The lowest BCUT2D eigenvalue weighted by molar-refractivity contribution is 0.0543. The number of esters is 1. The Morgan fingerprint density at radius 3 is 2.57 bits per heavy atom. The van der Waals surface area contributed by atoms with Crippen LogP contribution in [0.25, 0.3) is 0 Å². The molecule has 0 amide bonds. The average molecular weight is 188 g/mol. The number of hydrogen-bond donors (Lipinski definition) is 0. The summed E-state index contributed by atoms with van der Waals surface area (Å²) >= 11 is 0. The zero-order chi connectivity index (χ0) is 10.4. The average Bonchev–Trinajstić information content (AvgIpc) is 2.26. The molecule has 1 rings (SSSR count). The van der Waals surface area contributed by atoms with Gasteiger partial charge in [-0.25, -0.2) is 4.79 Å². The Labute approximate surface area is 83.5 Å². The van der Waals surface area contributed by atoms with Crippen LogP contribution in [0.5, 0.6) is 0 Å². The fraction of sp³-hybridized carbons (Fsp3) is 0.0833. The van der Waals surface area contributed by atoms with E-state index in [0.717, 1.165) is 0 Å². The number of carbonyl (C=O) groups excluding carboxylic acids is 1. The molecule has 0 saturated heterocycles. The molecule has 0 heterocycles. The zero-order valence-corrected chi connectivity index (χ0v) is 7.90. The van der Waals surface area contributed by atoms with Gasteiger partial charge in [0.15, 0.2) is 0 Å². The summed E-state index contributed by atoms with van der Waals surface area (Å²) in [4.78, 5) is 11.4. The van der Waals surface area contributed by atoms with Crippen molar-refractivity contribution in [2.24, 2.45) is 0 Å². The molecule has 0 aliphatic carbocycles. The van der Waals surface area contributed by atoms with Crippen LogP contribution < -0.4 is 0 Å². The summed E-state index contributed by atoms with van der Waals surface area (Å²) in [5, 5.41) is 0. The smallest absolute Gasteiger partial charge is 0.338 e. The maximum Gasteiger partial charge on any atom is 0.338 e. The highest BCUT2D eigenvalue weighted by Crippen LogP contribution is 2.02. The molecule has 1 aromatic carbocycles. The largest absolute Gasteiger partial charge is 0.457 e. The fourth-order valence-corrected chi connectivity index (χ4v) is 0.875. The van der Waals surface area contributed by atoms with Gasteiger partial charge >= 0.3 is 5.97 Å². The van der Waals surface area contributed by atoms with Crippen molar-refractivity contribution in [2.45, 2.75) is 0 Å². The van der Waals surface area contributed by atoms with E-state index < -0.39 is 0 Å². The molecule has 0 atom stereocenters. The molecular formula is C12H12O2. The molecule has 2 heteroatoms. The van der Waals surface area contributed by atoms with Crippen LogP contribution >= 0.6 is 0 Å². The van der Waals surface area contributed by atoms with Crippen molar-refractivity contribution in [1.82, 2.24) is 0 Å². The molecule has 0 saturated carbocycles. The summed E-state index contributed by atoms with van der Waals surface area (Å²) in [7, 11) is 0. The maximum atomic E-state index is 11.4. The maximum absolute atomic E-state index is 11.4. The Morgan fingerprint density at radius 2 is 2.00 bits per heavy atom. The molecular weight excluding hydrogens is 176 g/mol. The molecule has 0 radical (unpaired) electrons. The molecule has 14 heavy (non-hydrogen) atoms. The van der Waals surface area contributed by atoms with Crippen molar-refractivity contribution in [2.75, 3.05) is 6.61 Å². The predicted octanol–water partition coefficient (Wildman–Crippen LogP) is 2.59. The molecule has 2 nitrogen and oxygen atoms in total. The standard InChI is InChI=1S/C12H12O2/c1-3-10(2)9-14-12(13)11-7-5-4-6-8-11/h3-8H,1-2,9H2. The highest BCUT2D eigenvalue weighted by Gasteiger charge is 2.04. The Morgan fingerprint density at radius 1 is 1.36 bits per heavy atom. The van der Waals surface area contributed by atoms with Crippen LogP contribution in [0.3, 0.4) is 0 Å². The first-order chi connectivity index (χ1) is 6.74. The van der Waals surface area contributed by atoms with Gasteiger partial charge in [-0.3, -0.25) is 0 Å². The molecule has 0 fully saturated rings. The van der Waals surface area contributed by atoms with E-state index in [1.54, 1.807) is 30.3 Å². The van der Waals surface area contributed by atoms with Crippen LogP contribution in [0.2, 0.25) is 0 Å². The lowest BCUT2D eigenvalue weighted by atomic mass is 10.2. The minimum atomic E-state index is -0.339. The number of carbonyl (C=O) groups is 1. The zero-order valence-electron chi connectivity index (χ0n) is 7.90. The van der Waals surface area contributed by atoms with Gasteiger partial charge in [0.25, 0.3) is 0 Å². The number of hydrogen-bond acceptors (Lipinski definition) is 2. The number of benzene rings is 1. The summed E-state index contributed by atoms with van der Waals surface area (Å²) in [5.41, 5.74) is 1.23. The molecule has 72 valence electrons. The second kappa shape index (κ2) is 5.02. The minimum absolute atomic E-state index is 0.192. The van der Waals surface area contributed by atoms with Gasteiger partial charge < -0.3 is 4.74 Å². The van der Waals surface area contributed by atoms with Gasteiger partial charge in [-0.2, -0.15) is 0 Å². The first-order valence-corrected chi connectivity index (χ1v) is 4.26.